The molecule has 0 radical (unpaired) electrons. The zero-order valence-corrected chi connectivity index (χ0v) is 14.2. The van der Waals surface area contributed by atoms with Crippen LogP contribution in [0.1, 0.15) is 20.3 Å². The van der Waals surface area contributed by atoms with E-state index < -0.39 is 0 Å². The van der Waals surface area contributed by atoms with Crippen molar-refractivity contribution in [3.05, 3.63) is 40.2 Å². The van der Waals surface area contributed by atoms with Crippen LogP contribution in [0.15, 0.2) is 36.7 Å². The number of benzene rings is 1. The molecule has 0 unspecified atom stereocenters. The van der Waals surface area contributed by atoms with Crippen molar-refractivity contribution in [2.24, 2.45) is 5.92 Å². The van der Waals surface area contributed by atoms with Crippen LogP contribution in [0, 0.1) is 9.49 Å². The number of aromatic nitrogens is 2. The highest BCUT2D eigenvalue weighted by Gasteiger charge is 2.05. The van der Waals surface area contributed by atoms with Gasteiger partial charge in [0, 0.05) is 34.7 Å². The molecular formula is C16H21IN2O. The van der Waals surface area contributed by atoms with Gasteiger partial charge in [-0.2, -0.15) is 0 Å². The van der Waals surface area contributed by atoms with Crippen molar-refractivity contribution >= 4 is 22.6 Å². The first-order valence-electron chi connectivity index (χ1n) is 7.01. The van der Waals surface area contributed by atoms with Crippen LogP contribution in [0.25, 0.3) is 11.4 Å². The lowest BCUT2D eigenvalue weighted by Gasteiger charge is -2.09. The van der Waals surface area contributed by atoms with Crippen LogP contribution >= 0.6 is 22.6 Å². The Labute approximate surface area is 134 Å². The fraction of sp³-hybridized carbons (Fsp3) is 0.438. The van der Waals surface area contributed by atoms with Gasteiger partial charge in [0.1, 0.15) is 5.82 Å². The molecule has 1 heterocycles. The normalized spacial score (nSPS) is 11.2. The molecule has 1 aromatic carbocycles. The zero-order valence-electron chi connectivity index (χ0n) is 12.1. The van der Waals surface area contributed by atoms with E-state index in [9.17, 15) is 0 Å². The summed E-state index contributed by atoms with van der Waals surface area (Å²) >= 11 is 2.31. The van der Waals surface area contributed by atoms with Crippen molar-refractivity contribution in [1.29, 1.82) is 0 Å². The molecule has 2 rings (SSSR count). The van der Waals surface area contributed by atoms with E-state index in [-0.39, 0.29) is 0 Å². The molecule has 0 atom stereocenters. The molecule has 0 N–H and O–H groups in total. The van der Waals surface area contributed by atoms with Crippen LogP contribution < -0.4 is 0 Å². The van der Waals surface area contributed by atoms with Crippen LogP contribution in [0.4, 0.5) is 0 Å². The molecule has 0 saturated carbocycles. The molecule has 0 bridgehead atoms. The van der Waals surface area contributed by atoms with Crippen LogP contribution in [0.5, 0.6) is 0 Å². The van der Waals surface area contributed by atoms with E-state index in [4.69, 9.17) is 4.74 Å². The van der Waals surface area contributed by atoms with E-state index >= 15 is 0 Å². The number of rotatable bonds is 7. The van der Waals surface area contributed by atoms with Gasteiger partial charge >= 0.3 is 0 Å². The number of ether oxygens (including phenoxy) is 1. The second kappa shape index (κ2) is 7.78. The summed E-state index contributed by atoms with van der Waals surface area (Å²) < 4.78 is 9.07. The van der Waals surface area contributed by atoms with Crippen molar-refractivity contribution in [2.75, 3.05) is 13.2 Å². The lowest BCUT2D eigenvalue weighted by atomic mass is 10.1. The molecule has 0 spiro atoms. The Hall–Kier alpha value is -0.880. The predicted molar refractivity (Wildman–Crippen MR) is 90.7 cm³/mol. The van der Waals surface area contributed by atoms with Crippen molar-refractivity contribution < 1.29 is 4.74 Å². The summed E-state index contributed by atoms with van der Waals surface area (Å²) in [4.78, 5) is 4.45. The van der Waals surface area contributed by atoms with E-state index in [1.807, 2.05) is 12.4 Å². The van der Waals surface area contributed by atoms with Gasteiger partial charge in [0.2, 0.25) is 0 Å². The Balaban J connectivity index is 1.90. The smallest absolute Gasteiger partial charge is 0.139 e. The van der Waals surface area contributed by atoms with Gasteiger partial charge in [-0.05, 0) is 47.1 Å². The first-order chi connectivity index (χ1) is 9.66. The number of imidazole rings is 1. The van der Waals surface area contributed by atoms with Gasteiger partial charge in [0.05, 0.1) is 6.61 Å². The van der Waals surface area contributed by atoms with Crippen molar-refractivity contribution in [3.63, 3.8) is 0 Å². The highest BCUT2D eigenvalue weighted by molar-refractivity contribution is 14.1. The van der Waals surface area contributed by atoms with Crippen molar-refractivity contribution in [1.82, 2.24) is 9.55 Å². The molecule has 2 aromatic rings. The van der Waals surface area contributed by atoms with Gasteiger partial charge in [-0.3, -0.25) is 0 Å². The standard InChI is InChI=1S/C16H21IN2O/c1-13(2)7-11-20-12-10-19-9-8-18-16(19)14-3-5-15(17)6-4-14/h3-6,8-9,13H,7,10-12H2,1-2H3. The topological polar surface area (TPSA) is 27.1 Å². The average Bonchev–Trinajstić information content (AvgIpc) is 2.87. The number of hydrogen-bond acceptors (Lipinski definition) is 2. The molecule has 0 saturated heterocycles. The minimum Gasteiger partial charge on any atom is -0.380 e. The monoisotopic (exact) mass is 384 g/mol. The van der Waals surface area contributed by atoms with Gasteiger partial charge < -0.3 is 9.30 Å². The molecule has 0 fully saturated rings. The van der Waals surface area contributed by atoms with Gasteiger partial charge in [-0.15, -0.1) is 0 Å². The van der Waals surface area contributed by atoms with Gasteiger partial charge in [-0.25, -0.2) is 4.98 Å². The van der Waals surface area contributed by atoms with E-state index in [0.29, 0.717) is 5.92 Å². The fourth-order valence-corrected chi connectivity index (χ4v) is 2.29. The van der Waals surface area contributed by atoms with Crippen LogP contribution in [0.3, 0.4) is 0 Å². The summed E-state index contributed by atoms with van der Waals surface area (Å²) in [7, 11) is 0. The second-order valence-corrected chi connectivity index (χ2v) is 6.49. The minimum absolute atomic E-state index is 0.700. The molecule has 0 amide bonds. The first-order valence-corrected chi connectivity index (χ1v) is 8.09. The third-order valence-electron chi connectivity index (χ3n) is 3.13. The van der Waals surface area contributed by atoms with Crippen LogP contribution in [-0.4, -0.2) is 22.8 Å². The van der Waals surface area contributed by atoms with Gasteiger partial charge in [-0.1, -0.05) is 26.0 Å². The maximum absolute atomic E-state index is 5.68. The molecule has 4 heteroatoms. The Morgan fingerprint density at radius 3 is 2.65 bits per heavy atom. The Kier molecular flexibility index (Phi) is 6.04. The van der Waals surface area contributed by atoms with E-state index in [1.54, 1.807) is 0 Å². The van der Waals surface area contributed by atoms with Gasteiger partial charge in [0.15, 0.2) is 0 Å². The van der Waals surface area contributed by atoms with Crippen molar-refractivity contribution in [3.8, 4) is 11.4 Å². The summed E-state index contributed by atoms with van der Waals surface area (Å²) in [6.45, 7) is 6.85. The molecule has 0 aliphatic rings. The Morgan fingerprint density at radius 1 is 1.20 bits per heavy atom. The minimum atomic E-state index is 0.700. The summed E-state index contributed by atoms with van der Waals surface area (Å²) in [5, 5.41) is 0. The molecule has 0 aliphatic carbocycles. The molecule has 0 aliphatic heterocycles. The highest BCUT2D eigenvalue weighted by atomic mass is 127. The largest absolute Gasteiger partial charge is 0.380 e. The van der Waals surface area contributed by atoms with E-state index in [0.717, 1.165) is 37.6 Å². The number of halogens is 1. The van der Waals surface area contributed by atoms with Gasteiger partial charge in [0.25, 0.3) is 0 Å². The maximum Gasteiger partial charge on any atom is 0.139 e. The number of hydrogen-bond donors (Lipinski definition) is 0. The van der Waals surface area contributed by atoms with Crippen LogP contribution in [0.2, 0.25) is 0 Å². The maximum atomic E-state index is 5.68. The average molecular weight is 384 g/mol. The number of nitrogens with zero attached hydrogens (tertiary/aromatic N) is 2. The molecular weight excluding hydrogens is 363 g/mol. The van der Waals surface area contributed by atoms with Crippen LogP contribution in [-0.2, 0) is 11.3 Å². The molecule has 3 nitrogen and oxygen atoms in total. The lowest BCUT2D eigenvalue weighted by Crippen LogP contribution is -2.08. The SMILES string of the molecule is CC(C)CCOCCn1ccnc1-c1ccc(I)cc1. The molecule has 1 aromatic heterocycles. The fourth-order valence-electron chi connectivity index (χ4n) is 1.93. The first kappa shape index (κ1) is 15.5. The van der Waals surface area contributed by atoms with E-state index in [1.165, 1.54) is 3.57 Å². The van der Waals surface area contributed by atoms with Crippen molar-refractivity contribution in [2.45, 2.75) is 26.8 Å². The summed E-state index contributed by atoms with van der Waals surface area (Å²) in [6, 6.07) is 8.43. The summed E-state index contributed by atoms with van der Waals surface area (Å²) in [5.74, 6) is 1.71. The Bertz CT molecular complexity index is 520. The van der Waals surface area contributed by atoms with E-state index in [2.05, 4.69) is 70.3 Å². The second-order valence-electron chi connectivity index (χ2n) is 5.25. The molecule has 20 heavy (non-hydrogen) atoms. The quantitative estimate of drug-likeness (QED) is 0.528. The summed E-state index contributed by atoms with van der Waals surface area (Å²) in [6.07, 6.45) is 4.98. The molecule has 108 valence electrons. The lowest BCUT2D eigenvalue weighted by molar-refractivity contribution is 0.116. The summed E-state index contributed by atoms with van der Waals surface area (Å²) in [5.41, 5.74) is 1.15. The third kappa shape index (κ3) is 4.59. The predicted octanol–water partition coefficient (Wildman–Crippen LogP) is 4.22. The third-order valence-corrected chi connectivity index (χ3v) is 3.85. The highest BCUT2D eigenvalue weighted by Crippen LogP contribution is 2.18. The zero-order chi connectivity index (χ0) is 14.4. The Morgan fingerprint density at radius 2 is 1.95 bits per heavy atom.